The highest BCUT2D eigenvalue weighted by molar-refractivity contribution is 9.10. The SMILES string of the molecule is COc1ccc(Br)cc1C(=O)NC(=S)Nc1cccc(C(=O)Nc2ccc(F)cc2)c1. The number of thiocarbonyl (C=S) groups is 1. The van der Waals surface area contributed by atoms with Crippen LogP contribution in [0.3, 0.4) is 0 Å². The van der Waals surface area contributed by atoms with Crippen LogP contribution in [0.15, 0.2) is 71.2 Å². The molecule has 0 bridgehead atoms. The molecule has 0 atom stereocenters. The molecule has 0 saturated carbocycles. The quantitative estimate of drug-likeness (QED) is 0.430. The molecule has 3 N–H and O–H groups in total. The van der Waals surface area contributed by atoms with Crippen LogP contribution in [-0.2, 0) is 0 Å². The Balaban J connectivity index is 1.65. The molecule has 0 unspecified atom stereocenters. The predicted molar refractivity (Wildman–Crippen MR) is 125 cm³/mol. The third kappa shape index (κ3) is 6.09. The fraction of sp³-hybridized carbons (Fsp3) is 0.0455. The normalized spacial score (nSPS) is 10.2. The smallest absolute Gasteiger partial charge is 0.261 e. The minimum absolute atomic E-state index is 0.0584. The first-order valence-corrected chi connectivity index (χ1v) is 10.2. The molecule has 3 aromatic carbocycles. The van der Waals surface area contributed by atoms with Gasteiger partial charge < -0.3 is 15.4 Å². The molecule has 0 saturated heterocycles. The van der Waals surface area contributed by atoms with Gasteiger partial charge in [-0.25, -0.2) is 4.39 Å². The highest BCUT2D eigenvalue weighted by atomic mass is 79.9. The second-order valence-corrected chi connectivity index (χ2v) is 7.62. The van der Waals surface area contributed by atoms with Crippen LogP contribution in [0.1, 0.15) is 20.7 Å². The minimum atomic E-state index is -0.444. The zero-order chi connectivity index (χ0) is 22.4. The number of amides is 2. The summed E-state index contributed by atoms with van der Waals surface area (Å²) in [6.07, 6.45) is 0. The van der Waals surface area contributed by atoms with Gasteiger partial charge >= 0.3 is 0 Å². The van der Waals surface area contributed by atoms with E-state index in [4.69, 9.17) is 17.0 Å². The van der Waals surface area contributed by atoms with Crippen LogP contribution in [0.2, 0.25) is 0 Å². The second kappa shape index (κ2) is 10.1. The van der Waals surface area contributed by atoms with Crippen LogP contribution >= 0.6 is 28.1 Å². The van der Waals surface area contributed by atoms with Crippen molar-refractivity contribution in [1.82, 2.24) is 5.32 Å². The number of methoxy groups -OCH3 is 1. The molecule has 0 heterocycles. The summed E-state index contributed by atoms with van der Waals surface area (Å²) >= 11 is 8.54. The third-order valence-corrected chi connectivity index (χ3v) is 4.82. The maximum absolute atomic E-state index is 13.0. The first kappa shape index (κ1) is 22.4. The van der Waals surface area contributed by atoms with Gasteiger partial charge in [0.05, 0.1) is 12.7 Å². The Morgan fingerprint density at radius 2 is 1.68 bits per heavy atom. The number of ether oxygens (including phenoxy) is 1. The molecule has 3 aromatic rings. The van der Waals surface area contributed by atoms with E-state index in [-0.39, 0.29) is 16.8 Å². The molecule has 3 rings (SSSR count). The van der Waals surface area contributed by atoms with Crippen molar-refractivity contribution < 1.29 is 18.7 Å². The monoisotopic (exact) mass is 501 g/mol. The van der Waals surface area contributed by atoms with Crippen LogP contribution in [0, 0.1) is 5.82 Å². The van der Waals surface area contributed by atoms with Gasteiger partial charge in [-0.1, -0.05) is 22.0 Å². The molecule has 0 aliphatic heterocycles. The Labute approximate surface area is 191 Å². The van der Waals surface area contributed by atoms with E-state index in [0.717, 1.165) is 4.47 Å². The number of nitrogens with one attached hydrogen (secondary N) is 3. The number of hydrogen-bond donors (Lipinski definition) is 3. The Morgan fingerprint density at radius 3 is 2.39 bits per heavy atom. The van der Waals surface area contributed by atoms with E-state index in [9.17, 15) is 14.0 Å². The number of benzene rings is 3. The van der Waals surface area contributed by atoms with Crippen molar-refractivity contribution >= 4 is 56.4 Å². The summed E-state index contributed by atoms with van der Waals surface area (Å²) in [7, 11) is 1.47. The molecule has 0 aromatic heterocycles. The van der Waals surface area contributed by atoms with Gasteiger partial charge in [0.1, 0.15) is 11.6 Å². The fourth-order valence-corrected chi connectivity index (χ4v) is 3.24. The molecule has 6 nitrogen and oxygen atoms in total. The van der Waals surface area contributed by atoms with Gasteiger partial charge in [-0.3, -0.25) is 14.9 Å². The van der Waals surface area contributed by atoms with Crippen molar-refractivity contribution in [3.63, 3.8) is 0 Å². The zero-order valence-corrected chi connectivity index (χ0v) is 18.6. The minimum Gasteiger partial charge on any atom is -0.496 e. The maximum atomic E-state index is 13.0. The van der Waals surface area contributed by atoms with Crippen LogP contribution in [-0.4, -0.2) is 24.0 Å². The Morgan fingerprint density at radius 1 is 0.935 bits per heavy atom. The van der Waals surface area contributed by atoms with E-state index in [2.05, 4.69) is 31.9 Å². The van der Waals surface area contributed by atoms with Crippen molar-refractivity contribution in [3.8, 4) is 5.75 Å². The summed E-state index contributed by atoms with van der Waals surface area (Å²) in [5, 5.41) is 8.21. The zero-order valence-electron chi connectivity index (χ0n) is 16.2. The van der Waals surface area contributed by atoms with Gasteiger partial charge in [0.25, 0.3) is 11.8 Å². The van der Waals surface area contributed by atoms with Crippen molar-refractivity contribution in [1.29, 1.82) is 0 Å². The summed E-state index contributed by atoms with van der Waals surface area (Å²) in [6.45, 7) is 0. The summed E-state index contributed by atoms with van der Waals surface area (Å²) in [4.78, 5) is 25.0. The lowest BCUT2D eigenvalue weighted by Crippen LogP contribution is -2.34. The number of hydrogen-bond acceptors (Lipinski definition) is 4. The molecular formula is C22H17BrFN3O3S. The van der Waals surface area contributed by atoms with Crippen LogP contribution in [0.5, 0.6) is 5.75 Å². The number of anilines is 2. The van der Waals surface area contributed by atoms with Crippen LogP contribution in [0.25, 0.3) is 0 Å². The summed E-state index contributed by atoms with van der Waals surface area (Å²) < 4.78 is 18.9. The maximum Gasteiger partial charge on any atom is 0.261 e. The largest absolute Gasteiger partial charge is 0.496 e. The number of carbonyl (C=O) groups is 2. The van der Waals surface area contributed by atoms with Crippen molar-refractivity contribution in [2.45, 2.75) is 0 Å². The fourth-order valence-electron chi connectivity index (χ4n) is 2.67. The number of carbonyl (C=O) groups excluding carboxylic acids is 2. The van der Waals surface area contributed by atoms with Gasteiger partial charge in [-0.15, -0.1) is 0 Å². The van der Waals surface area contributed by atoms with E-state index in [1.165, 1.54) is 31.4 Å². The average molecular weight is 502 g/mol. The van der Waals surface area contributed by atoms with Gasteiger partial charge in [-0.05, 0) is 72.9 Å². The molecule has 0 aliphatic carbocycles. The van der Waals surface area contributed by atoms with E-state index in [0.29, 0.717) is 28.3 Å². The summed E-state index contributed by atoms with van der Waals surface area (Å²) in [5.41, 5.74) is 1.65. The topological polar surface area (TPSA) is 79.5 Å². The van der Waals surface area contributed by atoms with Crippen molar-refractivity contribution in [3.05, 3.63) is 88.1 Å². The molecule has 0 aliphatic rings. The molecule has 31 heavy (non-hydrogen) atoms. The summed E-state index contributed by atoms with van der Waals surface area (Å²) in [6, 6.07) is 17.1. The van der Waals surface area contributed by atoms with Gasteiger partial charge in [-0.2, -0.15) is 0 Å². The summed E-state index contributed by atoms with van der Waals surface area (Å²) in [5.74, 6) is -0.798. The van der Waals surface area contributed by atoms with Crippen molar-refractivity contribution in [2.75, 3.05) is 17.7 Å². The van der Waals surface area contributed by atoms with E-state index in [1.807, 2.05) is 0 Å². The average Bonchev–Trinajstić information content (AvgIpc) is 2.75. The third-order valence-electron chi connectivity index (χ3n) is 4.12. The van der Waals surface area contributed by atoms with Gasteiger partial charge in [0, 0.05) is 21.4 Å². The van der Waals surface area contributed by atoms with Crippen LogP contribution in [0.4, 0.5) is 15.8 Å². The molecular weight excluding hydrogens is 485 g/mol. The highest BCUT2D eigenvalue weighted by Gasteiger charge is 2.15. The molecule has 0 radical (unpaired) electrons. The van der Waals surface area contributed by atoms with E-state index < -0.39 is 5.91 Å². The standard InChI is InChI=1S/C22H17BrFN3O3S/c1-30-19-10-5-14(23)12-18(19)21(29)27-22(31)26-17-4-2-3-13(11-17)20(28)25-16-8-6-15(24)7-9-16/h2-12H,1H3,(H,25,28)(H2,26,27,29,31). The Hall–Kier alpha value is -3.30. The molecule has 158 valence electrons. The van der Waals surface area contributed by atoms with Gasteiger partial charge in [0.2, 0.25) is 0 Å². The molecule has 2 amide bonds. The lowest BCUT2D eigenvalue weighted by atomic mass is 10.2. The van der Waals surface area contributed by atoms with E-state index >= 15 is 0 Å². The number of halogens is 2. The van der Waals surface area contributed by atoms with Gasteiger partial charge in [0.15, 0.2) is 5.11 Å². The lowest BCUT2D eigenvalue weighted by molar-refractivity contribution is 0.0973. The molecule has 9 heteroatoms. The van der Waals surface area contributed by atoms with Crippen molar-refractivity contribution in [2.24, 2.45) is 0 Å². The Kier molecular flexibility index (Phi) is 7.32. The predicted octanol–water partition coefficient (Wildman–Crippen LogP) is 4.98. The van der Waals surface area contributed by atoms with E-state index in [1.54, 1.807) is 42.5 Å². The second-order valence-electron chi connectivity index (χ2n) is 6.29. The molecule has 0 spiro atoms. The first-order chi connectivity index (χ1) is 14.9. The first-order valence-electron chi connectivity index (χ1n) is 8.98. The Bertz CT molecular complexity index is 1140. The highest BCUT2D eigenvalue weighted by Crippen LogP contribution is 2.23. The number of rotatable bonds is 5. The van der Waals surface area contributed by atoms with Crippen LogP contribution < -0.4 is 20.7 Å². The lowest BCUT2D eigenvalue weighted by Gasteiger charge is -2.13. The molecule has 0 fully saturated rings.